The van der Waals surface area contributed by atoms with Gasteiger partial charge in [-0.05, 0) is 25.6 Å². The average molecular weight is 308 g/mol. The molecule has 0 saturated heterocycles. The molecule has 7 heteroatoms. The lowest BCUT2D eigenvalue weighted by Gasteiger charge is -2.18. The van der Waals surface area contributed by atoms with E-state index in [1.54, 1.807) is 11.3 Å². The number of nitrogens with one attached hydrogen (secondary N) is 2. The van der Waals surface area contributed by atoms with Crippen LogP contribution in [0.15, 0.2) is 6.07 Å². The van der Waals surface area contributed by atoms with Crippen molar-refractivity contribution in [3.63, 3.8) is 0 Å². The highest BCUT2D eigenvalue weighted by atomic mass is 32.1. The number of nitrogen functional groups attached to an aromatic ring is 1. The van der Waals surface area contributed by atoms with Crippen molar-refractivity contribution in [1.29, 1.82) is 0 Å². The van der Waals surface area contributed by atoms with E-state index >= 15 is 0 Å². The first-order valence-electron chi connectivity index (χ1n) is 7.45. The van der Waals surface area contributed by atoms with Gasteiger partial charge in [-0.3, -0.25) is 5.43 Å². The number of aromatic nitrogens is 2. The number of thiophene rings is 1. The summed E-state index contributed by atoms with van der Waals surface area (Å²) in [7, 11) is 0. The Morgan fingerprint density at radius 3 is 2.62 bits per heavy atom. The van der Waals surface area contributed by atoms with Gasteiger partial charge in [-0.2, -0.15) is 4.98 Å². The van der Waals surface area contributed by atoms with Crippen molar-refractivity contribution in [3.8, 4) is 0 Å². The number of aryl methyl sites for hydroxylation is 1. The fraction of sp³-hybridized carbons (Fsp3) is 0.571. The summed E-state index contributed by atoms with van der Waals surface area (Å²) in [5, 5.41) is 4.50. The summed E-state index contributed by atoms with van der Waals surface area (Å²) in [4.78, 5) is 13.5. The quantitative estimate of drug-likeness (QED) is 0.513. The highest BCUT2D eigenvalue weighted by molar-refractivity contribution is 7.18. The maximum absolute atomic E-state index is 5.46. The molecule has 2 heterocycles. The zero-order valence-electron chi connectivity index (χ0n) is 12.9. The van der Waals surface area contributed by atoms with Crippen LogP contribution in [0.1, 0.15) is 25.6 Å². The molecule has 0 unspecified atom stereocenters. The van der Waals surface area contributed by atoms with Crippen LogP contribution in [0.2, 0.25) is 0 Å². The maximum atomic E-state index is 5.46. The predicted octanol–water partition coefficient (Wildman–Crippen LogP) is 2.29. The molecule has 0 radical (unpaired) electrons. The third-order valence-electron chi connectivity index (χ3n) is 3.54. The number of fused-ring (bicyclic) bond motifs is 1. The molecule has 0 fully saturated rings. The predicted molar refractivity (Wildman–Crippen MR) is 90.9 cm³/mol. The molecule has 0 aliphatic heterocycles. The van der Waals surface area contributed by atoms with Crippen LogP contribution in [0.5, 0.6) is 0 Å². The second-order valence-electron chi connectivity index (χ2n) is 4.78. The van der Waals surface area contributed by atoms with E-state index < -0.39 is 0 Å². The summed E-state index contributed by atoms with van der Waals surface area (Å²) in [6.07, 6.45) is 1.01. The fourth-order valence-corrected chi connectivity index (χ4v) is 3.18. The Balaban J connectivity index is 2.18. The molecule has 21 heavy (non-hydrogen) atoms. The van der Waals surface area contributed by atoms with Gasteiger partial charge >= 0.3 is 0 Å². The van der Waals surface area contributed by atoms with Crippen LogP contribution < -0.4 is 16.6 Å². The van der Waals surface area contributed by atoms with Crippen LogP contribution in [0, 0.1) is 0 Å². The van der Waals surface area contributed by atoms with Gasteiger partial charge in [-0.1, -0.05) is 20.8 Å². The van der Waals surface area contributed by atoms with Crippen LogP contribution in [-0.2, 0) is 6.42 Å². The Labute approximate surface area is 129 Å². The fourth-order valence-electron chi connectivity index (χ4n) is 2.22. The molecular weight excluding hydrogens is 284 g/mol. The first-order valence-corrected chi connectivity index (χ1v) is 8.26. The first kappa shape index (κ1) is 15.9. The monoisotopic (exact) mass is 308 g/mol. The van der Waals surface area contributed by atoms with Crippen molar-refractivity contribution in [3.05, 3.63) is 10.9 Å². The van der Waals surface area contributed by atoms with Crippen LogP contribution in [0.3, 0.4) is 0 Å². The standard InChI is InChI=1S/C14H24N6S/c1-4-10-9-11-12(16-7-8-20(5-2)6-3)17-14(19-15)18-13(11)21-10/h9H,4-8,15H2,1-3H3,(H2,16,17,18,19). The van der Waals surface area contributed by atoms with Gasteiger partial charge in [0.2, 0.25) is 5.95 Å². The van der Waals surface area contributed by atoms with Crippen LogP contribution in [-0.4, -0.2) is 41.0 Å². The molecule has 2 rings (SSSR count). The van der Waals surface area contributed by atoms with Crippen molar-refractivity contribution in [1.82, 2.24) is 14.9 Å². The first-order chi connectivity index (χ1) is 10.2. The molecule has 116 valence electrons. The largest absolute Gasteiger partial charge is 0.368 e. The van der Waals surface area contributed by atoms with Crippen molar-refractivity contribution in [2.75, 3.05) is 36.9 Å². The third-order valence-corrected chi connectivity index (χ3v) is 4.71. The van der Waals surface area contributed by atoms with E-state index in [4.69, 9.17) is 5.84 Å². The topological polar surface area (TPSA) is 79.1 Å². The highest BCUT2D eigenvalue weighted by Gasteiger charge is 2.11. The number of rotatable bonds is 8. The molecule has 0 amide bonds. The number of hydrazine groups is 1. The second-order valence-corrected chi connectivity index (χ2v) is 5.89. The summed E-state index contributed by atoms with van der Waals surface area (Å²) in [6, 6.07) is 2.17. The number of likely N-dealkylation sites (N-methyl/N-ethyl adjacent to an activating group) is 1. The van der Waals surface area contributed by atoms with Crippen molar-refractivity contribution >= 4 is 33.3 Å². The number of nitrogens with two attached hydrogens (primary N) is 1. The Morgan fingerprint density at radius 1 is 1.24 bits per heavy atom. The van der Waals surface area contributed by atoms with E-state index in [9.17, 15) is 0 Å². The van der Waals surface area contributed by atoms with Gasteiger partial charge < -0.3 is 10.2 Å². The van der Waals surface area contributed by atoms with Gasteiger partial charge in [0.1, 0.15) is 10.6 Å². The molecule has 6 nitrogen and oxygen atoms in total. The van der Waals surface area contributed by atoms with Crippen molar-refractivity contribution in [2.45, 2.75) is 27.2 Å². The average Bonchev–Trinajstić information content (AvgIpc) is 2.94. The summed E-state index contributed by atoms with van der Waals surface area (Å²) in [6.45, 7) is 10.5. The second kappa shape index (κ2) is 7.53. The van der Waals surface area contributed by atoms with Gasteiger partial charge in [-0.25, -0.2) is 10.8 Å². The highest BCUT2D eigenvalue weighted by Crippen LogP contribution is 2.30. The van der Waals surface area contributed by atoms with E-state index in [2.05, 4.69) is 52.4 Å². The molecule has 0 saturated carbocycles. The van der Waals surface area contributed by atoms with Gasteiger partial charge in [0, 0.05) is 18.0 Å². The van der Waals surface area contributed by atoms with E-state index in [0.717, 1.165) is 48.6 Å². The van der Waals surface area contributed by atoms with Crippen LogP contribution in [0.4, 0.5) is 11.8 Å². The number of nitrogens with zero attached hydrogens (tertiary/aromatic N) is 3. The normalized spacial score (nSPS) is 11.3. The van der Waals surface area contributed by atoms with Gasteiger partial charge in [0.05, 0.1) is 5.39 Å². The minimum absolute atomic E-state index is 0.456. The molecule has 0 bridgehead atoms. The van der Waals surface area contributed by atoms with Gasteiger partial charge in [0.15, 0.2) is 0 Å². The molecule has 0 aromatic carbocycles. The van der Waals surface area contributed by atoms with Gasteiger partial charge in [-0.15, -0.1) is 11.3 Å². The lowest BCUT2D eigenvalue weighted by molar-refractivity contribution is 0.316. The lowest BCUT2D eigenvalue weighted by Crippen LogP contribution is -2.28. The van der Waals surface area contributed by atoms with E-state index in [1.165, 1.54) is 4.88 Å². The molecule has 0 aliphatic carbocycles. The molecule has 0 aliphatic rings. The number of hydrogen-bond acceptors (Lipinski definition) is 7. The zero-order chi connectivity index (χ0) is 15.2. The third kappa shape index (κ3) is 3.81. The van der Waals surface area contributed by atoms with E-state index in [0.29, 0.717) is 5.95 Å². The van der Waals surface area contributed by atoms with Gasteiger partial charge in [0.25, 0.3) is 0 Å². The Morgan fingerprint density at radius 2 is 2.00 bits per heavy atom. The molecule has 0 atom stereocenters. The summed E-state index contributed by atoms with van der Waals surface area (Å²) in [5.74, 6) is 6.78. The molecule has 4 N–H and O–H groups in total. The summed E-state index contributed by atoms with van der Waals surface area (Å²) >= 11 is 1.69. The molecule has 0 spiro atoms. The Bertz CT molecular complexity index is 578. The van der Waals surface area contributed by atoms with E-state index in [-0.39, 0.29) is 0 Å². The minimum atomic E-state index is 0.456. The zero-order valence-corrected chi connectivity index (χ0v) is 13.8. The number of hydrogen-bond donors (Lipinski definition) is 3. The minimum Gasteiger partial charge on any atom is -0.368 e. The van der Waals surface area contributed by atoms with E-state index in [1.807, 2.05) is 0 Å². The van der Waals surface area contributed by atoms with Crippen LogP contribution >= 0.6 is 11.3 Å². The summed E-state index contributed by atoms with van der Waals surface area (Å²) < 4.78 is 0. The smallest absolute Gasteiger partial charge is 0.240 e. The summed E-state index contributed by atoms with van der Waals surface area (Å²) in [5.41, 5.74) is 2.54. The Hall–Kier alpha value is -1.44. The SMILES string of the molecule is CCc1cc2c(NCCN(CC)CC)nc(NN)nc2s1. The molecular formula is C14H24N6S. The maximum Gasteiger partial charge on any atom is 0.240 e. The van der Waals surface area contributed by atoms with Crippen LogP contribution in [0.25, 0.3) is 10.2 Å². The number of anilines is 2. The molecule has 2 aromatic rings. The van der Waals surface area contributed by atoms with Crippen molar-refractivity contribution in [2.24, 2.45) is 5.84 Å². The molecule has 2 aromatic heterocycles. The Kier molecular flexibility index (Phi) is 5.72. The van der Waals surface area contributed by atoms with Crippen molar-refractivity contribution < 1.29 is 0 Å². The lowest BCUT2D eigenvalue weighted by atomic mass is 10.3.